The van der Waals surface area contributed by atoms with Gasteiger partial charge in [0.2, 0.25) is 0 Å². The molecule has 6 nitrogen and oxygen atoms in total. The maximum atomic E-state index is 5.97. The van der Waals surface area contributed by atoms with Gasteiger partial charge >= 0.3 is 0 Å². The number of aryl methyl sites for hydroxylation is 1. The maximum absolute atomic E-state index is 5.97. The topological polar surface area (TPSA) is 64.9 Å². The van der Waals surface area contributed by atoms with Crippen molar-refractivity contribution in [2.24, 2.45) is 7.05 Å². The summed E-state index contributed by atoms with van der Waals surface area (Å²) in [5.41, 5.74) is 1.02. The summed E-state index contributed by atoms with van der Waals surface area (Å²) < 4.78 is 5.37. The van der Waals surface area contributed by atoms with Gasteiger partial charge in [0.25, 0.3) is 0 Å². The van der Waals surface area contributed by atoms with Crippen molar-refractivity contribution in [2.45, 2.75) is 12.5 Å². The minimum Gasteiger partial charge on any atom is -0.496 e. The predicted molar refractivity (Wildman–Crippen MR) is 72.3 cm³/mol. The van der Waals surface area contributed by atoms with E-state index in [-0.39, 0.29) is 6.04 Å². The van der Waals surface area contributed by atoms with Crippen LogP contribution in [0.15, 0.2) is 18.2 Å². The quantitative estimate of drug-likeness (QED) is 0.897. The third-order valence-electron chi connectivity index (χ3n) is 2.86. The molecule has 7 heteroatoms. The molecular formula is C12H16ClN5O. The third kappa shape index (κ3) is 3.21. The van der Waals surface area contributed by atoms with Gasteiger partial charge in [0, 0.05) is 23.0 Å². The molecule has 102 valence electrons. The summed E-state index contributed by atoms with van der Waals surface area (Å²) in [7, 11) is 5.26. The highest BCUT2D eigenvalue weighted by Gasteiger charge is 2.17. The van der Waals surface area contributed by atoms with Crippen LogP contribution in [0.5, 0.6) is 5.75 Å². The second-order valence-corrected chi connectivity index (χ2v) is 4.56. The Kier molecular flexibility index (Phi) is 4.34. The molecule has 0 spiro atoms. The van der Waals surface area contributed by atoms with E-state index in [0.29, 0.717) is 17.3 Å². The fourth-order valence-electron chi connectivity index (χ4n) is 1.93. The van der Waals surface area contributed by atoms with Gasteiger partial charge in [-0.05, 0) is 24.4 Å². The molecule has 2 aromatic rings. The normalized spacial score (nSPS) is 12.4. The first-order chi connectivity index (χ1) is 9.13. The number of halogens is 1. The highest BCUT2D eigenvalue weighted by molar-refractivity contribution is 6.30. The van der Waals surface area contributed by atoms with E-state index in [0.717, 1.165) is 11.3 Å². The van der Waals surface area contributed by atoms with Gasteiger partial charge in [-0.1, -0.05) is 17.7 Å². The molecule has 1 aromatic carbocycles. The van der Waals surface area contributed by atoms with Crippen molar-refractivity contribution in [1.82, 2.24) is 25.5 Å². The molecule has 0 saturated heterocycles. The van der Waals surface area contributed by atoms with Crippen molar-refractivity contribution >= 4 is 11.6 Å². The lowest BCUT2D eigenvalue weighted by Gasteiger charge is -2.18. The van der Waals surface area contributed by atoms with E-state index >= 15 is 0 Å². The van der Waals surface area contributed by atoms with Crippen LogP contribution in [-0.4, -0.2) is 34.4 Å². The number of hydrogen-bond acceptors (Lipinski definition) is 5. The van der Waals surface area contributed by atoms with Gasteiger partial charge in [0.1, 0.15) is 5.75 Å². The van der Waals surface area contributed by atoms with Crippen molar-refractivity contribution in [3.63, 3.8) is 0 Å². The van der Waals surface area contributed by atoms with Gasteiger partial charge in [-0.25, -0.2) is 0 Å². The SMILES string of the molecule is CNC(Cc1nnn(C)n1)c1ccc(Cl)cc1OC. The van der Waals surface area contributed by atoms with Crippen molar-refractivity contribution in [1.29, 1.82) is 0 Å². The van der Waals surface area contributed by atoms with Crippen LogP contribution in [0.4, 0.5) is 0 Å². The van der Waals surface area contributed by atoms with Crippen LogP contribution in [-0.2, 0) is 13.5 Å². The van der Waals surface area contributed by atoms with E-state index in [1.807, 2.05) is 19.2 Å². The molecule has 2 rings (SSSR count). The summed E-state index contributed by atoms with van der Waals surface area (Å²) in [6.07, 6.45) is 0.627. The van der Waals surface area contributed by atoms with Crippen LogP contribution in [0.25, 0.3) is 0 Å². The van der Waals surface area contributed by atoms with Crippen LogP contribution in [0, 0.1) is 0 Å². The molecule has 1 aromatic heterocycles. The number of likely N-dealkylation sites (N-methyl/N-ethyl adjacent to an activating group) is 1. The molecule has 0 radical (unpaired) electrons. The summed E-state index contributed by atoms with van der Waals surface area (Å²) in [4.78, 5) is 1.45. The number of hydrogen-bond donors (Lipinski definition) is 1. The maximum Gasteiger partial charge on any atom is 0.176 e. The zero-order chi connectivity index (χ0) is 13.8. The zero-order valence-electron chi connectivity index (χ0n) is 11.1. The molecular weight excluding hydrogens is 266 g/mol. The molecule has 0 fully saturated rings. The molecule has 0 bridgehead atoms. The molecule has 0 aliphatic heterocycles. The second-order valence-electron chi connectivity index (χ2n) is 4.13. The summed E-state index contributed by atoms with van der Waals surface area (Å²) in [5, 5.41) is 15.9. The van der Waals surface area contributed by atoms with Crippen molar-refractivity contribution in [3.8, 4) is 5.75 Å². The first-order valence-corrected chi connectivity index (χ1v) is 6.25. The minimum atomic E-state index is 0.0383. The number of nitrogens with zero attached hydrogens (tertiary/aromatic N) is 4. The third-order valence-corrected chi connectivity index (χ3v) is 3.09. The zero-order valence-corrected chi connectivity index (χ0v) is 11.8. The van der Waals surface area contributed by atoms with Crippen LogP contribution in [0.2, 0.25) is 5.02 Å². The smallest absolute Gasteiger partial charge is 0.176 e. The molecule has 0 amide bonds. The van der Waals surface area contributed by atoms with Crippen LogP contribution in [0.1, 0.15) is 17.4 Å². The van der Waals surface area contributed by atoms with Crippen LogP contribution in [0.3, 0.4) is 0 Å². The largest absolute Gasteiger partial charge is 0.496 e. The van der Waals surface area contributed by atoms with E-state index in [2.05, 4.69) is 20.7 Å². The summed E-state index contributed by atoms with van der Waals surface area (Å²) in [6.45, 7) is 0. The van der Waals surface area contributed by atoms with E-state index < -0.39 is 0 Å². The highest BCUT2D eigenvalue weighted by Crippen LogP contribution is 2.29. The fourth-order valence-corrected chi connectivity index (χ4v) is 2.09. The molecule has 1 N–H and O–H groups in total. The molecule has 0 aliphatic rings. The monoisotopic (exact) mass is 281 g/mol. The number of tetrazole rings is 1. The molecule has 19 heavy (non-hydrogen) atoms. The van der Waals surface area contributed by atoms with E-state index in [1.165, 1.54) is 4.80 Å². The number of ether oxygens (including phenoxy) is 1. The Bertz CT molecular complexity index is 557. The van der Waals surface area contributed by atoms with E-state index in [4.69, 9.17) is 16.3 Å². The molecule has 0 saturated carbocycles. The summed E-state index contributed by atoms with van der Waals surface area (Å²) >= 11 is 5.97. The van der Waals surface area contributed by atoms with Crippen LogP contribution >= 0.6 is 11.6 Å². The molecule has 1 heterocycles. The van der Waals surface area contributed by atoms with Gasteiger partial charge in [0.15, 0.2) is 5.82 Å². The Morgan fingerprint density at radius 3 is 2.84 bits per heavy atom. The first-order valence-electron chi connectivity index (χ1n) is 5.87. The average molecular weight is 282 g/mol. The van der Waals surface area contributed by atoms with Crippen molar-refractivity contribution < 1.29 is 4.74 Å². The number of rotatable bonds is 5. The first kappa shape index (κ1) is 13.8. The second kappa shape index (κ2) is 5.99. The van der Waals surface area contributed by atoms with E-state index in [9.17, 15) is 0 Å². The van der Waals surface area contributed by atoms with Gasteiger partial charge in [-0.2, -0.15) is 4.80 Å². The minimum absolute atomic E-state index is 0.0383. The standard InChI is InChI=1S/C12H16ClN5O/c1-14-10(7-12-15-17-18(2)16-12)9-5-4-8(13)6-11(9)19-3/h4-6,10,14H,7H2,1-3H3. The number of benzene rings is 1. The summed E-state index contributed by atoms with van der Waals surface area (Å²) in [5.74, 6) is 1.43. The van der Waals surface area contributed by atoms with Crippen molar-refractivity contribution in [3.05, 3.63) is 34.6 Å². The number of nitrogens with one attached hydrogen (secondary N) is 1. The van der Waals surface area contributed by atoms with Crippen molar-refractivity contribution in [2.75, 3.05) is 14.2 Å². The lowest BCUT2D eigenvalue weighted by molar-refractivity contribution is 0.400. The number of aromatic nitrogens is 4. The van der Waals surface area contributed by atoms with Gasteiger partial charge < -0.3 is 10.1 Å². The predicted octanol–water partition coefficient (Wildman–Crippen LogP) is 1.38. The summed E-state index contributed by atoms with van der Waals surface area (Å²) in [6, 6.07) is 5.62. The Hall–Kier alpha value is -1.66. The average Bonchev–Trinajstić information content (AvgIpc) is 2.81. The number of methoxy groups -OCH3 is 1. The molecule has 0 aliphatic carbocycles. The fraction of sp³-hybridized carbons (Fsp3) is 0.417. The highest BCUT2D eigenvalue weighted by atomic mass is 35.5. The molecule has 1 atom stereocenters. The Balaban J connectivity index is 2.26. The Labute approximate surface area is 116 Å². The van der Waals surface area contributed by atoms with Gasteiger partial charge in [-0.3, -0.25) is 0 Å². The Morgan fingerprint density at radius 1 is 1.47 bits per heavy atom. The van der Waals surface area contributed by atoms with E-state index in [1.54, 1.807) is 20.2 Å². The van der Waals surface area contributed by atoms with Crippen LogP contribution < -0.4 is 10.1 Å². The lowest BCUT2D eigenvalue weighted by Crippen LogP contribution is -2.20. The Morgan fingerprint density at radius 2 is 2.26 bits per heavy atom. The van der Waals surface area contributed by atoms with Gasteiger partial charge in [0.05, 0.1) is 14.2 Å². The molecule has 1 unspecified atom stereocenters. The lowest BCUT2D eigenvalue weighted by atomic mass is 10.0. The van der Waals surface area contributed by atoms with Gasteiger partial charge in [-0.15, -0.1) is 10.2 Å².